The topological polar surface area (TPSA) is 31.6 Å². The van der Waals surface area contributed by atoms with E-state index in [1.165, 1.54) is 12.1 Å². The molecule has 2 aromatic heterocycles. The average molecular weight is 400 g/mol. The zero-order valence-corrected chi connectivity index (χ0v) is 13.0. The van der Waals surface area contributed by atoms with E-state index >= 15 is 0 Å². The Balaban J connectivity index is 2.22. The number of benzene rings is 2. The van der Waals surface area contributed by atoms with Crippen molar-refractivity contribution in [2.24, 2.45) is 0 Å². The molecule has 6 heteroatoms. The highest BCUT2D eigenvalue weighted by atomic mass is 79.9. The fourth-order valence-corrected chi connectivity index (χ4v) is 3.20. The first-order chi connectivity index (χ1) is 9.54. The van der Waals surface area contributed by atoms with Gasteiger partial charge in [0.2, 0.25) is 0 Å². The molecule has 0 aliphatic rings. The second kappa shape index (κ2) is 4.05. The molecule has 0 radical (unpaired) electrons. The fourth-order valence-electron chi connectivity index (χ4n) is 2.51. The minimum atomic E-state index is -0.329. The smallest absolute Gasteiger partial charge is 0.138 e. The lowest BCUT2D eigenvalue weighted by Crippen LogP contribution is -1.79. The first-order valence-corrected chi connectivity index (χ1v) is 7.40. The number of aromatic nitrogens is 2. The molecule has 2 aromatic carbocycles. The SMILES string of the molecule is Fc1cc2c(cc1Br)[nH]c1c3cc(F)c(Br)cc3[nH]c21. The molecule has 100 valence electrons. The molecule has 2 N–H and O–H groups in total. The first-order valence-electron chi connectivity index (χ1n) is 5.82. The summed E-state index contributed by atoms with van der Waals surface area (Å²) in [4.78, 5) is 6.41. The van der Waals surface area contributed by atoms with Crippen LogP contribution in [0.4, 0.5) is 8.78 Å². The second-order valence-electron chi connectivity index (χ2n) is 4.62. The van der Waals surface area contributed by atoms with E-state index < -0.39 is 0 Å². The van der Waals surface area contributed by atoms with Crippen LogP contribution in [-0.2, 0) is 0 Å². The van der Waals surface area contributed by atoms with Crippen LogP contribution in [-0.4, -0.2) is 9.97 Å². The van der Waals surface area contributed by atoms with Gasteiger partial charge in [-0.05, 0) is 56.1 Å². The first kappa shape index (κ1) is 12.3. The van der Waals surface area contributed by atoms with Crippen LogP contribution in [0.15, 0.2) is 33.2 Å². The Morgan fingerprint density at radius 2 is 1.10 bits per heavy atom. The quantitative estimate of drug-likeness (QED) is 0.385. The normalized spacial score (nSPS) is 12.0. The van der Waals surface area contributed by atoms with Crippen molar-refractivity contribution in [1.82, 2.24) is 9.97 Å². The van der Waals surface area contributed by atoms with Gasteiger partial charge < -0.3 is 9.97 Å². The number of fused-ring (bicyclic) bond motifs is 5. The lowest BCUT2D eigenvalue weighted by molar-refractivity contribution is 0.623. The lowest BCUT2D eigenvalue weighted by Gasteiger charge is -1.97. The van der Waals surface area contributed by atoms with E-state index in [1.54, 1.807) is 12.1 Å². The predicted octanol–water partition coefficient (Wildman–Crippen LogP) is 5.61. The molecule has 2 nitrogen and oxygen atoms in total. The van der Waals surface area contributed by atoms with Crippen LogP contribution in [0.3, 0.4) is 0 Å². The van der Waals surface area contributed by atoms with Crippen molar-refractivity contribution < 1.29 is 8.78 Å². The molecule has 4 rings (SSSR count). The maximum absolute atomic E-state index is 13.7. The monoisotopic (exact) mass is 398 g/mol. The van der Waals surface area contributed by atoms with Crippen molar-refractivity contribution in [3.8, 4) is 0 Å². The summed E-state index contributed by atoms with van der Waals surface area (Å²) in [5.41, 5.74) is 3.15. The molecule has 0 saturated carbocycles. The standard InChI is InChI=1S/C14H6Br2F2N2/c15-7-3-11-5(1-9(7)17)13-14(19-11)6-2-10(18)8(16)4-12(6)20-13/h1-4,19-20H. The van der Waals surface area contributed by atoms with Gasteiger partial charge in [0.05, 0.1) is 20.0 Å². The molecule has 0 aliphatic carbocycles. The van der Waals surface area contributed by atoms with Crippen LogP contribution in [0.25, 0.3) is 32.8 Å². The molecule has 4 aromatic rings. The zero-order chi connectivity index (χ0) is 14.0. The number of nitrogens with one attached hydrogen (secondary N) is 2. The maximum Gasteiger partial charge on any atom is 0.138 e. The molecule has 0 unspecified atom stereocenters. The highest BCUT2D eigenvalue weighted by molar-refractivity contribution is 9.10. The Morgan fingerprint density at radius 3 is 1.50 bits per heavy atom. The van der Waals surface area contributed by atoms with Gasteiger partial charge in [0.15, 0.2) is 0 Å². The highest BCUT2D eigenvalue weighted by Crippen LogP contribution is 2.35. The Labute approximate surface area is 128 Å². The molecule has 0 saturated heterocycles. The highest BCUT2D eigenvalue weighted by Gasteiger charge is 2.14. The third kappa shape index (κ3) is 1.58. The summed E-state index contributed by atoms with van der Waals surface area (Å²) in [5.74, 6) is -0.658. The van der Waals surface area contributed by atoms with E-state index in [4.69, 9.17) is 0 Å². The van der Waals surface area contributed by atoms with Gasteiger partial charge in [0, 0.05) is 21.8 Å². The van der Waals surface area contributed by atoms with Gasteiger partial charge in [0.1, 0.15) is 11.6 Å². The predicted molar refractivity (Wildman–Crippen MR) is 83.0 cm³/mol. The number of rotatable bonds is 0. The molecule has 0 spiro atoms. The van der Waals surface area contributed by atoms with Crippen LogP contribution in [0, 0.1) is 11.6 Å². The Morgan fingerprint density at radius 1 is 0.700 bits per heavy atom. The summed E-state index contributed by atoms with van der Waals surface area (Å²) in [6.07, 6.45) is 0. The van der Waals surface area contributed by atoms with E-state index in [9.17, 15) is 8.78 Å². The molecule has 2 heterocycles. The Kier molecular flexibility index (Phi) is 2.50. The van der Waals surface area contributed by atoms with Gasteiger partial charge in [0.25, 0.3) is 0 Å². The molecule has 20 heavy (non-hydrogen) atoms. The van der Waals surface area contributed by atoms with Crippen molar-refractivity contribution in [1.29, 1.82) is 0 Å². The Bertz CT molecular complexity index is 919. The molecule has 0 bridgehead atoms. The van der Waals surface area contributed by atoms with Gasteiger partial charge in [-0.15, -0.1) is 0 Å². The summed E-state index contributed by atoms with van der Waals surface area (Å²) >= 11 is 6.32. The van der Waals surface area contributed by atoms with E-state index in [0.29, 0.717) is 8.95 Å². The second-order valence-corrected chi connectivity index (χ2v) is 6.33. The Hall–Kier alpha value is -1.40. The van der Waals surface area contributed by atoms with Crippen molar-refractivity contribution in [2.75, 3.05) is 0 Å². The van der Waals surface area contributed by atoms with Gasteiger partial charge in [-0.25, -0.2) is 8.78 Å². The van der Waals surface area contributed by atoms with E-state index in [1.807, 2.05) is 0 Å². The largest absolute Gasteiger partial charge is 0.353 e. The van der Waals surface area contributed by atoms with Gasteiger partial charge in [-0.3, -0.25) is 0 Å². The van der Waals surface area contributed by atoms with Crippen molar-refractivity contribution in [3.05, 3.63) is 44.8 Å². The third-order valence-corrected chi connectivity index (χ3v) is 4.64. The van der Waals surface area contributed by atoms with Crippen molar-refractivity contribution in [2.45, 2.75) is 0 Å². The van der Waals surface area contributed by atoms with Gasteiger partial charge >= 0.3 is 0 Å². The minimum Gasteiger partial charge on any atom is -0.353 e. The molecule has 0 atom stereocenters. The molecule has 0 aliphatic heterocycles. The summed E-state index contributed by atoms with van der Waals surface area (Å²) in [5, 5.41) is 1.49. The summed E-state index contributed by atoms with van der Waals surface area (Å²) in [6, 6.07) is 6.27. The van der Waals surface area contributed by atoms with E-state index in [0.717, 1.165) is 32.8 Å². The maximum atomic E-state index is 13.7. The van der Waals surface area contributed by atoms with Gasteiger partial charge in [-0.2, -0.15) is 0 Å². The molecule has 0 amide bonds. The van der Waals surface area contributed by atoms with Crippen molar-refractivity contribution >= 4 is 64.7 Å². The number of hydrogen-bond acceptors (Lipinski definition) is 0. The number of hydrogen-bond donors (Lipinski definition) is 2. The third-order valence-electron chi connectivity index (χ3n) is 3.43. The van der Waals surface area contributed by atoms with Crippen LogP contribution < -0.4 is 0 Å². The van der Waals surface area contributed by atoms with Crippen LogP contribution in [0.2, 0.25) is 0 Å². The molecule has 0 fully saturated rings. The lowest BCUT2D eigenvalue weighted by atomic mass is 10.2. The number of halogens is 4. The summed E-state index contributed by atoms with van der Waals surface area (Å²) in [6.45, 7) is 0. The van der Waals surface area contributed by atoms with Gasteiger partial charge in [-0.1, -0.05) is 0 Å². The molecular weight excluding hydrogens is 394 g/mol. The van der Waals surface area contributed by atoms with E-state index in [2.05, 4.69) is 41.8 Å². The number of aromatic amines is 2. The summed E-state index contributed by atoms with van der Waals surface area (Å²) in [7, 11) is 0. The fraction of sp³-hybridized carbons (Fsp3) is 0. The van der Waals surface area contributed by atoms with Crippen LogP contribution in [0.5, 0.6) is 0 Å². The molecular formula is C14H6Br2F2N2. The van der Waals surface area contributed by atoms with Crippen LogP contribution >= 0.6 is 31.9 Å². The minimum absolute atomic E-state index is 0.329. The van der Waals surface area contributed by atoms with E-state index in [-0.39, 0.29) is 11.6 Å². The average Bonchev–Trinajstić information content (AvgIpc) is 2.88. The van der Waals surface area contributed by atoms with Crippen molar-refractivity contribution in [3.63, 3.8) is 0 Å². The van der Waals surface area contributed by atoms with Crippen LogP contribution in [0.1, 0.15) is 0 Å². The summed E-state index contributed by atoms with van der Waals surface area (Å²) < 4.78 is 28.2. The number of H-pyrrole nitrogens is 2. The zero-order valence-electron chi connectivity index (χ0n) is 9.82.